The lowest BCUT2D eigenvalue weighted by atomic mass is 10.1. The minimum absolute atomic E-state index is 0.0685. The predicted octanol–water partition coefficient (Wildman–Crippen LogP) is 0.0288. The number of nitrogens with one attached hydrogen (secondary N) is 2. The maximum atomic E-state index is 12.2. The van der Waals surface area contributed by atoms with Gasteiger partial charge in [-0.3, -0.25) is 14.0 Å². The van der Waals surface area contributed by atoms with E-state index in [1.54, 1.807) is 11.8 Å². The van der Waals surface area contributed by atoms with Gasteiger partial charge in [0, 0.05) is 22.8 Å². The molecule has 0 amide bonds. The number of phosphoric ester groups is 1. The molecule has 1 saturated heterocycles. The standard InChI is InChI=1S/C20H24N7O9PS/c21-17-14-18(23-7-22-17)27(8-24-14)19-16(30)15(29)10(35-19)5-34-37(32,33)36-12(28)4-2-1-3-11-13-9(6-38-11)25-20(31)26-13/h2,4,7-8,10-11,15-16,19,29-30H,1,3,5-6H2,(H,32,33)(H2,21,22,23)(H2,25,26,31)/b4-2+/t10-,11+,15-,16-,19-/m1/s1. The number of ether oxygens (including phenoxy) is 1. The average molecular weight is 569 g/mol. The number of hydrogen-bond donors (Lipinski definition) is 6. The van der Waals surface area contributed by atoms with E-state index < -0.39 is 44.9 Å². The van der Waals surface area contributed by atoms with Gasteiger partial charge in [-0.1, -0.05) is 6.08 Å². The number of allylic oxidation sites excluding steroid dienone is 1. The Balaban J connectivity index is 1.11. The number of nitrogens with two attached hydrogens (primary N) is 1. The van der Waals surface area contributed by atoms with E-state index in [-0.39, 0.29) is 27.9 Å². The summed E-state index contributed by atoms with van der Waals surface area (Å²) in [6.45, 7) is -0.667. The summed E-state index contributed by atoms with van der Waals surface area (Å²) in [5, 5.41) is 20.9. The van der Waals surface area contributed by atoms with Crippen LogP contribution in [0.15, 0.2) is 29.6 Å². The fourth-order valence-electron chi connectivity index (χ4n) is 4.24. The Morgan fingerprint density at radius 1 is 1.32 bits per heavy atom. The molecule has 6 atom stereocenters. The van der Waals surface area contributed by atoms with Crippen molar-refractivity contribution in [2.75, 3.05) is 12.3 Å². The first kappa shape index (κ1) is 26.6. The Hall–Kier alpha value is -3.05. The van der Waals surface area contributed by atoms with Crippen molar-refractivity contribution in [3.05, 3.63) is 46.7 Å². The van der Waals surface area contributed by atoms with Gasteiger partial charge in [0.2, 0.25) is 0 Å². The van der Waals surface area contributed by atoms with Gasteiger partial charge in [-0.05, 0) is 12.8 Å². The molecule has 38 heavy (non-hydrogen) atoms. The number of carbonyl (C=O) groups excluding carboxylic acids is 1. The SMILES string of the molecule is Nc1ncnc2c1ncn2[C@@H]1O[C@H](COP(=O)(O)OC(=O)/C=C/CC[C@@H]2SCc3[nH]c(=O)[nH]c32)[C@@H](O)[C@H]1O. The molecule has 204 valence electrons. The molecular weight excluding hydrogens is 545 g/mol. The number of hydrogen-bond acceptors (Lipinski definition) is 13. The molecule has 0 aliphatic carbocycles. The second-order valence-corrected chi connectivity index (χ2v) is 11.1. The van der Waals surface area contributed by atoms with Crippen molar-refractivity contribution in [1.29, 1.82) is 0 Å². The van der Waals surface area contributed by atoms with Crippen LogP contribution in [0.2, 0.25) is 0 Å². The highest BCUT2D eigenvalue weighted by molar-refractivity contribution is 7.99. The molecule has 0 aromatic carbocycles. The average Bonchev–Trinajstić information content (AvgIpc) is 3.61. The lowest BCUT2D eigenvalue weighted by Gasteiger charge is -2.17. The molecule has 5 heterocycles. The molecule has 0 spiro atoms. The van der Waals surface area contributed by atoms with Crippen LogP contribution in [0.4, 0.5) is 5.82 Å². The maximum absolute atomic E-state index is 12.2. The minimum atomic E-state index is -4.86. The Labute approximate surface area is 217 Å². The Morgan fingerprint density at radius 2 is 2.13 bits per heavy atom. The minimum Gasteiger partial charge on any atom is -0.387 e. The molecule has 1 fully saturated rings. The lowest BCUT2D eigenvalue weighted by Crippen LogP contribution is -2.33. The second kappa shape index (κ2) is 10.6. The van der Waals surface area contributed by atoms with E-state index in [9.17, 15) is 29.3 Å². The molecule has 18 heteroatoms. The van der Waals surface area contributed by atoms with Crippen molar-refractivity contribution in [1.82, 2.24) is 29.5 Å². The molecule has 5 rings (SSSR count). The topological polar surface area (TPSA) is 241 Å². The number of thioether (sulfide) groups is 1. The van der Waals surface area contributed by atoms with Crippen LogP contribution >= 0.6 is 19.6 Å². The van der Waals surface area contributed by atoms with Crippen LogP contribution in [0.3, 0.4) is 0 Å². The van der Waals surface area contributed by atoms with Gasteiger partial charge in [0.15, 0.2) is 17.7 Å². The molecule has 2 aliphatic rings. The quantitative estimate of drug-likeness (QED) is 0.147. The first-order chi connectivity index (χ1) is 18.1. The number of imidazole rings is 2. The highest BCUT2D eigenvalue weighted by Crippen LogP contribution is 2.45. The number of anilines is 1. The molecular formula is C20H24N7O9PS. The van der Waals surface area contributed by atoms with Crippen LogP contribution in [0.25, 0.3) is 11.2 Å². The normalized spacial score (nSPS) is 26.7. The van der Waals surface area contributed by atoms with Gasteiger partial charge in [-0.15, -0.1) is 11.8 Å². The predicted molar refractivity (Wildman–Crippen MR) is 131 cm³/mol. The molecule has 16 nitrogen and oxygen atoms in total. The van der Waals surface area contributed by atoms with Gasteiger partial charge >= 0.3 is 19.5 Å². The third kappa shape index (κ3) is 5.40. The van der Waals surface area contributed by atoms with Gasteiger partial charge in [-0.2, -0.15) is 0 Å². The van der Waals surface area contributed by atoms with Crippen molar-refractivity contribution >= 4 is 42.5 Å². The van der Waals surface area contributed by atoms with E-state index >= 15 is 0 Å². The van der Waals surface area contributed by atoms with Crippen LogP contribution in [0, 0.1) is 0 Å². The fraction of sp³-hybridized carbons (Fsp3) is 0.450. The zero-order chi connectivity index (χ0) is 27.0. The first-order valence-corrected chi connectivity index (χ1v) is 13.9. The Kier molecular flexibility index (Phi) is 7.41. The van der Waals surface area contributed by atoms with Crippen LogP contribution < -0.4 is 11.4 Å². The van der Waals surface area contributed by atoms with Crippen LogP contribution in [-0.2, 0) is 28.9 Å². The van der Waals surface area contributed by atoms with E-state index in [2.05, 4.69) is 29.4 Å². The number of rotatable bonds is 9. The summed E-state index contributed by atoms with van der Waals surface area (Å²) in [4.78, 5) is 50.8. The van der Waals surface area contributed by atoms with Crippen molar-refractivity contribution in [3.63, 3.8) is 0 Å². The van der Waals surface area contributed by atoms with Crippen molar-refractivity contribution in [2.45, 2.75) is 48.4 Å². The fourth-order valence-corrected chi connectivity index (χ4v) is 6.18. The number of aromatic nitrogens is 6. The summed E-state index contributed by atoms with van der Waals surface area (Å²) in [6.07, 6.45) is 0.724. The molecule has 3 aromatic heterocycles. The summed E-state index contributed by atoms with van der Waals surface area (Å²) in [6, 6.07) is 0. The number of H-pyrrole nitrogens is 2. The number of aliphatic hydroxyl groups excluding tert-OH is 2. The van der Waals surface area contributed by atoms with E-state index in [0.29, 0.717) is 18.6 Å². The summed E-state index contributed by atoms with van der Waals surface area (Å²) >= 11 is 1.65. The third-order valence-electron chi connectivity index (χ3n) is 6.04. The molecule has 0 saturated carbocycles. The molecule has 0 bridgehead atoms. The monoisotopic (exact) mass is 569 g/mol. The molecule has 7 N–H and O–H groups in total. The first-order valence-electron chi connectivity index (χ1n) is 11.4. The molecule has 1 unspecified atom stereocenters. The number of carbonyl (C=O) groups is 1. The van der Waals surface area contributed by atoms with Gasteiger partial charge < -0.3 is 35.2 Å². The van der Waals surface area contributed by atoms with Gasteiger partial charge in [0.05, 0.1) is 18.6 Å². The summed E-state index contributed by atoms with van der Waals surface area (Å²) < 4.78 is 28.5. The molecule has 0 radical (unpaired) electrons. The second-order valence-electron chi connectivity index (χ2n) is 8.55. The van der Waals surface area contributed by atoms with E-state index in [0.717, 1.165) is 17.5 Å². The van der Waals surface area contributed by atoms with E-state index in [1.165, 1.54) is 23.3 Å². The molecule has 3 aromatic rings. The van der Waals surface area contributed by atoms with E-state index in [4.69, 9.17) is 15.0 Å². The van der Waals surface area contributed by atoms with Crippen LogP contribution in [-0.4, -0.2) is 75.5 Å². The van der Waals surface area contributed by atoms with Crippen molar-refractivity contribution < 1.29 is 38.3 Å². The number of fused-ring (bicyclic) bond motifs is 2. The number of nitrogens with zero attached hydrogens (tertiary/aromatic N) is 4. The van der Waals surface area contributed by atoms with Crippen LogP contribution in [0.1, 0.15) is 35.7 Å². The third-order valence-corrected chi connectivity index (χ3v) is 8.26. The smallest absolute Gasteiger partial charge is 0.387 e. The zero-order valence-electron chi connectivity index (χ0n) is 19.5. The molecule has 2 aliphatic heterocycles. The van der Waals surface area contributed by atoms with Gasteiger partial charge in [0.25, 0.3) is 0 Å². The van der Waals surface area contributed by atoms with Gasteiger partial charge in [-0.25, -0.2) is 29.1 Å². The maximum Gasteiger partial charge on any atom is 0.529 e. The highest BCUT2D eigenvalue weighted by atomic mass is 32.2. The number of phosphoric acid groups is 1. The summed E-state index contributed by atoms with van der Waals surface area (Å²) in [7, 11) is -4.86. The largest absolute Gasteiger partial charge is 0.529 e. The van der Waals surface area contributed by atoms with E-state index in [1.807, 2.05) is 0 Å². The Bertz CT molecular complexity index is 1470. The summed E-state index contributed by atoms with van der Waals surface area (Å²) in [5.41, 5.74) is 7.72. The zero-order valence-corrected chi connectivity index (χ0v) is 21.2. The number of aliphatic hydroxyl groups is 2. The summed E-state index contributed by atoms with van der Waals surface area (Å²) in [5.74, 6) is -0.296. The highest BCUT2D eigenvalue weighted by Gasteiger charge is 2.45. The van der Waals surface area contributed by atoms with Gasteiger partial charge in [0.1, 0.15) is 30.2 Å². The lowest BCUT2D eigenvalue weighted by molar-refractivity contribution is -0.131. The number of nitrogen functional groups attached to an aromatic ring is 1. The van der Waals surface area contributed by atoms with Crippen molar-refractivity contribution in [2.24, 2.45) is 0 Å². The van der Waals surface area contributed by atoms with Crippen LogP contribution in [0.5, 0.6) is 0 Å². The Morgan fingerprint density at radius 3 is 2.95 bits per heavy atom. The number of aromatic amines is 2. The van der Waals surface area contributed by atoms with Crippen molar-refractivity contribution in [3.8, 4) is 0 Å².